The molecule has 4 aromatic rings. The first-order valence-electron chi connectivity index (χ1n) is 8.77. The molecule has 27 heavy (non-hydrogen) atoms. The van der Waals surface area contributed by atoms with E-state index in [2.05, 4.69) is 75.0 Å². The summed E-state index contributed by atoms with van der Waals surface area (Å²) >= 11 is 1.63. The van der Waals surface area contributed by atoms with Gasteiger partial charge in [-0.2, -0.15) is 0 Å². The van der Waals surface area contributed by atoms with Gasteiger partial charge in [-0.3, -0.25) is 4.57 Å². The molecule has 134 valence electrons. The monoisotopic (exact) mass is 372 g/mol. The second-order valence-corrected chi connectivity index (χ2v) is 7.05. The van der Waals surface area contributed by atoms with Gasteiger partial charge in [-0.1, -0.05) is 60.3 Å². The zero-order valence-electron chi connectivity index (χ0n) is 15.0. The van der Waals surface area contributed by atoms with Gasteiger partial charge in [0.2, 0.25) is 0 Å². The van der Waals surface area contributed by atoms with Crippen LogP contribution in [-0.2, 0) is 6.54 Å². The SMILES string of the molecule is C=CCSc1nnc(-c2cc3ccccc3n2CC=C)n1-c1ccccc1. The summed E-state index contributed by atoms with van der Waals surface area (Å²) in [6.45, 7) is 8.45. The Balaban J connectivity index is 1.96. The molecule has 0 fully saturated rings. The van der Waals surface area contributed by atoms with E-state index in [0.717, 1.165) is 33.6 Å². The van der Waals surface area contributed by atoms with Crippen molar-refractivity contribution in [1.29, 1.82) is 0 Å². The highest BCUT2D eigenvalue weighted by atomic mass is 32.2. The number of thioether (sulfide) groups is 1. The molecule has 2 heterocycles. The third-order valence-corrected chi connectivity index (χ3v) is 5.25. The summed E-state index contributed by atoms with van der Waals surface area (Å²) in [6.07, 6.45) is 3.79. The van der Waals surface area contributed by atoms with Gasteiger partial charge >= 0.3 is 0 Å². The summed E-state index contributed by atoms with van der Waals surface area (Å²) in [5.41, 5.74) is 3.23. The predicted octanol–water partition coefficient (Wildman–Crippen LogP) is 5.35. The molecule has 0 radical (unpaired) electrons. The van der Waals surface area contributed by atoms with Crippen LogP contribution in [0, 0.1) is 0 Å². The first-order valence-corrected chi connectivity index (χ1v) is 9.76. The molecule has 0 saturated carbocycles. The molecule has 2 aromatic heterocycles. The number of nitrogens with zero attached hydrogens (tertiary/aromatic N) is 4. The lowest BCUT2D eigenvalue weighted by molar-refractivity contribution is 0.848. The lowest BCUT2D eigenvalue weighted by Crippen LogP contribution is -2.04. The number of fused-ring (bicyclic) bond motifs is 1. The van der Waals surface area contributed by atoms with Crippen LogP contribution >= 0.6 is 11.8 Å². The van der Waals surface area contributed by atoms with Crippen LogP contribution in [0.4, 0.5) is 0 Å². The van der Waals surface area contributed by atoms with Crippen LogP contribution in [0.3, 0.4) is 0 Å². The van der Waals surface area contributed by atoms with Gasteiger partial charge in [-0.25, -0.2) is 0 Å². The Labute approximate surface area is 162 Å². The summed E-state index contributed by atoms with van der Waals surface area (Å²) in [5.74, 6) is 1.60. The number of allylic oxidation sites excluding steroid dienone is 1. The Kier molecular flexibility index (Phi) is 4.94. The Hall–Kier alpha value is -3.05. The zero-order valence-corrected chi connectivity index (χ0v) is 15.8. The fourth-order valence-electron chi connectivity index (χ4n) is 3.19. The summed E-state index contributed by atoms with van der Waals surface area (Å²) < 4.78 is 4.34. The van der Waals surface area contributed by atoms with E-state index in [1.165, 1.54) is 5.39 Å². The number of hydrogen-bond donors (Lipinski definition) is 0. The molecule has 0 spiro atoms. The third-order valence-electron chi connectivity index (χ3n) is 4.33. The Morgan fingerprint density at radius 1 is 0.926 bits per heavy atom. The van der Waals surface area contributed by atoms with Gasteiger partial charge in [-0.15, -0.1) is 23.4 Å². The molecule has 2 aromatic carbocycles. The molecule has 0 aliphatic carbocycles. The maximum absolute atomic E-state index is 4.56. The molecule has 4 rings (SSSR count). The van der Waals surface area contributed by atoms with E-state index in [-0.39, 0.29) is 0 Å². The van der Waals surface area contributed by atoms with Crippen LogP contribution in [-0.4, -0.2) is 25.1 Å². The molecule has 0 N–H and O–H groups in total. The van der Waals surface area contributed by atoms with E-state index in [0.29, 0.717) is 6.54 Å². The normalized spacial score (nSPS) is 11.0. The minimum atomic E-state index is 0.708. The van der Waals surface area contributed by atoms with Gasteiger partial charge in [0.05, 0.1) is 5.69 Å². The number of benzene rings is 2. The maximum Gasteiger partial charge on any atom is 0.196 e. The van der Waals surface area contributed by atoms with Crippen LogP contribution in [0.5, 0.6) is 0 Å². The average Bonchev–Trinajstić information content (AvgIpc) is 3.29. The molecular weight excluding hydrogens is 352 g/mol. The fourth-order valence-corrected chi connectivity index (χ4v) is 3.88. The van der Waals surface area contributed by atoms with Crippen molar-refractivity contribution in [1.82, 2.24) is 19.3 Å². The van der Waals surface area contributed by atoms with E-state index in [1.807, 2.05) is 30.4 Å². The standard InChI is InChI=1S/C22H20N4S/c1-3-14-25-19-13-9-8-10-17(19)16-20(25)21-23-24-22(27-15-4-2)26(21)18-11-6-5-7-12-18/h3-13,16H,1-2,14-15H2. The van der Waals surface area contributed by atoms with Crippen molar-refractivity contribution >= 4 is 22.7 Å². The molecule has 0 unspecified atom stereocenters. The van der Waals surface area contributed by atoms with Gasteiger partial charge in [0.15, 0.2) is 11.0 Å². The Morgan fingerprint density at radius 2 is 1.70 bits per heavy atom. The molecule has 0 amide bonds. The van der Waals surface area contributed by atoms with Crippen molar-refractivity contribution in [3.05, 3.63) is 86.0 Å². The van der Waals surface area contributed by atoms with E-state index in [9.17, 15) is 0 Å². The van der Waals surface area contributed by atoms with Gasteiger partial charge in [-0.05, 0) is 24.3 Å². The average molecular weight is 372 g/mol. The molecule has 0 atom stereocenters. The Morgan fingerprint density at radius 3 is 2.48 bits per heavy atom. The molecule has 0 bridgehead atoms. The minimum Gasteiger partial charge on any atom is -0.334 e. The highest BCUT2D eigenvalue weighted by molar-refractivity contribution is 7.99. The zero-order chi connectivity index (χ0) is 18.6. The smallest absolute Gasteiger partial charge is 0.196 e. The molecule has 0 saturated heterocycles. The summed E-state index contributed by atoms with van der Waals surface area (Å²) in [4.78, 5) is 0. The van der Waals surface area contributed by atoms with Crippen molar-refractivity contribution in [2.24, 2.45) is 0 Å². The molecular formula is C22H20N4S. The molecule has 4 nitrogen and oxygen atoms in total. The van der Waals surface area contributed by atoms with Gasteiger partial charge in [0.25, 0.3) is 0 Å². The predicted molar refractivity (Wildman–Crippen MR) is 113 cm³/mol. The molecule has 0 aliphatic heterocycles. The first-order chi connectivity index (χ1) is 13.3. The van der Waals surface area contributed by atoms with Crippen LogP contribution in [0.15, 0.2) is 91.1 Å². The van der Waals surface area contributed by atoms with E-state index >= 15 is 0 Å². The summed E-state index contributed by atoms with van der Waals surface area (Å²) in [6, 6.07) is 20.7. The van der Waals surface area contributed by atoms with Crippen molar-refractivity contribution in [2.75, 3.05) is 5.75 Å². The molecule has 5 heteroatoms. The number of para-hydroxylation sites is 2. The number of hydrogen-bond acceptors (Lipinski definition) is 3. The lowest BCUT2D eigenvalue weighted by Gasteiger charge is -2.12. The second-order valence-electron chi connectivity index (χ2n) is 6.06. The highest BCUT2D eigenvalue weighted by Gasteiger charge is 2.20. The van der Waals surface area contributed by atoms with E-state index < -0.39 is 0 Å². The van der Waals surface area contributed by atoms with Crippen LogP contribution in [0.25, 0.3) is 28.1 Å². The largest absolute Gasteiger partial charge is 0.334 e. The topological polar surface area (TPSA) is 35.6 Å². The second kappa shape index (κ2) is 7.68. The minimum absolute atomic E-state index is 0.708. The Bertz CT molecular complexity index is 1090. The van der Waals surface area contributed by atoms with Gasteiger partial charge in [0.1, 0.15) is 0 Å². The van der Waals surface area contributed by atoms with Crippen molar-refractivity contribution < 1.29 is 0 Å². The van der Waals surface area contributed by atoms with Crippen LogP contribution in [0.1, 0.15) is 0 Å². The lowest BCUT2D eigenvalue weighted by atomic mass is 10.2. The summed E-state index contributed by atoms with van der Waals surface area (Å²) in [7, 11) is 0. The summed E-state index contributed by atoms with van der Waals surface area (Å²) in [5, 5.41) is 11.1. The van der Waals surface area contributed by atoms with Gasteiger partial charge in [0, 0.05) is 28.9 Å². The molecule has 0 aliphatic rings. The van der Waals surface area contributed by atoms with Crippen LogP contribution in [0.2, 0.25) is 0 Å². The van der Waals surface area contributed by atoms with Crippen molar-refractivity contribution in [2.45, 2.75) is 11.7 Å². The quantitative estimate of drug-likeness (QED) is 0.324. The van der Waals surface area contributed by atoms with Crippen molar-refractivity contribution in [3.8, 4) is 17.2 Å². The van der Waals surface area contributed by atoms with Gasteiger partial charge < -0.3 is 4.57 Å². The number of aromatic nitrogens is 4. The van der Waals surface area contributed by atoms with E-state index in [1.54, 1.807) is 11.8 Å². The van der Waals surface area contributed by atoms with Crippen molar-refractivity contribution in [3.63, 3.8) is 0 Å². The maximum atomic E-state index is 4.56. The van der Waals surface area contributed by atoms with E-state index in [4.69, 9.17) is 0 Å². The van der Waals surface area contributed by atoms with Crippen LogP contribution < -0.4 is 0 Å². The first kappa shape index (κ1) is 17.4. The third kappa shape index (κ3) is 3.22. The number of rotatable bonds is 7. The highest BCUT2D eigenvalue weighted by Crippen LogP contribution is 2.32. The fraction of sp³-hybridized carbons (Fsp3) is 0.0909.